The molecule has 10 heteroatoms. The molecule has 0 saturated carbocycles. The predicted octanol–water partition coefficient (Wildman–Crippen LogP) is 1.89. The summed E-state index contributed by atoms with van der Waals surface area (Å²) in [6, 6.07) is 1.62. The maximum Gasteiger partial charge on any atom is 0.433 e. The van der Waals surface area contributed by atoms with Gasteiger partial charge in [0, 0.05) is 11.8 Å². The SMILES string of the molecule is C[C@H](NC(=O)CN(C)C)c1nc(-c2ccnc(C(F)(F)F)c2)no1. The zero-order valence-corrected chi connectivity index (χ0v) is 13.3. The second-order valence-electron chi connectivity index (χ2n) is 5.41. The molecule has 0 unspecified atom stereocenters. The van der Waals surface area contributed by atoms with Crippen LogP contribution >= 0.6 is 0 Å². The number of halogens is 3. The lowest BCUT2D eigenvalue weighted by Gasteiger charge is -2.12. The number of nitrogens with one attached hydrogen (secondary N) is 1. The fourth-order valence-electron chi connectivity index (χ4n) is 1.89. The van der Waals surface area contributed by atoms with Crippen molar-refractivity contribution in [3.05, 3.63) is 29.9 Å². The molecule has 7 nitrogen and oxygen atoms in total. The Morgan fingerprint density at radius 3 is 2.75 bits per heavy atom. The van der Waals surface area contributed by atoms with Gasteiger partial charge in [-0.25, -0.2) is 0 Å². The van der Waals surface area contributed by atoms with E-state index in [2.05, 4.69) is 20.4 Å². The van der Waals surface area contributed by atoms with E-state index in [1.165, 1.54) is 6.07 Å². The summed E-state index contributed by atoms with van der Waals surface area (Å²) in [5.74, 6) is -0.149. The second-order valence-corrected chi connectivity index (χ2v) is 5.41. The summed E-state index contributed by atoms with van der Waals surface area (Å²) < 4.78 is 43.1. The van der Waals surface area contributed by atoms with Crippen LogP contribution in [0.4, 0.5) is 13.2 Å². The number of amides is 1. The molecule has 1 amide bonds. The van der Waals surface area contributed by atoms with Gasteiger partial charge in [0.2, 0.25) is 17.6 Å². The van der Waals surface area contributed by atoms with Crippen LogP contribution in [0.3, 0.4) is 0 Å². The summed E-state index contributed by atoms with van der Waals surface area (Å²) in [6.07, 6.45) is -3.54. The number of likely N-dealkylation sites (N-methyl/N-ethyl adjacent to an activating group) is 1. The molecule has 130 valence electrons. The molecule has 1 N–H and O–H groups in total. The van der Waals surface area contributed by atoms with E-state index >= 15 is 0 Å². The quantitative estimate of drug-likeness (QED) is 0.892. The fourth-order valence-corrected chi connectivity index (χ4v) is 1.89. The van der Waals surface area contributed by atoms with Gasteiger partial charge in [0.25, 0.3) is 0 Å². The van der Waals surface area contributed by atoms with Crippen LogP contribution < -0.4 is 5.32 Å². The van der Waals surface area contributed by atoms with Crippen molar-refractivity contribution in [3.8, 4) is 11.4 Å². The molecule has 0 spiro atoms. The number of alkyl halides is 3. The average molecular weight is 343 g/mol. The Morgan fingerprint density at radius 2 is 2.12 bits per heavy atom. The van der Waals surface area contributed by atoms with Crippen LogP contribution in [-0.4, -0.2) is 46.6 Å². The minimum Gasteiger partial charge on any atom is -0.343 e. The first-order valence-electron chi connectivity index (χ1n) is 6.98. The number of rotatable bonds is 5. The lowest BCUT2D eigenvalue weighted by Crippen LogP contribution is -2.34. The highest BCUT2D eigenvalue weighted by atomic mass is 19.4. The standard InChI is InChI=1S/C14H16F3N5O2/c1-8(19-11(23)7-22(2)3)13-20-12(21-24-13)9-4-5-18-10(6-9)14(15,16)17/h4-6,8H,7H2,1-3H3,(H,19,23)/t8-/m0/s1. The number of carbonyl (C=O) groups is 1. The number of hydrogen-bond acceptors (Lipinski definition) is 6. The summed E-state index contributed by atoms with van der Waals surface area (Å²) in [5.41, 5.74) is -0.919. The predicted molar refractivity (Wildman–Crippen MR) is 77.6 cm³/mol. The highest BCUT2D eigenvalue weighted by Gasteiger charge is 2.33. The summed E-state index contributed by atoms with van der Waals surface area (Å²) in [4.78, 5) is 20.7. The molecule has 2 aromatic rings. The third-order valence-corrected chi connectivity index (χ3v) is 2.96. The number of pyridine rings is 1. The van der Waals surface area contributed by atoms with Gasteiger partial charge in [0.1, 0.15) is 11.7 Å². The zero-order valence-electron chi connectivity index (χ0n) is 13.3. The van der Waals surface area contributed by atoms with Crippen LogP contribution in [-0.2, 0) is 11.0 Å². The normalized spacial score (nSPS) is 13.1. The van der Waals surface area contributed by atoms with Gasteiger partial charge >= 0.3 is 6.18 Å². The Hall–Kier alpha value is -2.49. The van der Waals surface area contributed by atoms with Gasteiger partial charge in [-0.2, -0.15) is 18.2 Å². The van der Waals surface area contributed by atoms with Gasteiger partial charge in [-0.3, -0.25) is 9.78 Å². The van der Waals surface area contributed by atoms with Crippen molar-refractivity contribution in [3.63, 3.8) is 0 Å². The Bertz CT molecular complexity index is 714. The average Bonchev–Trinajstić information content (AvgIpc) is 2.95. The molecule has 0 bridgehead atoms. The summed E-state index contributed by atoms with van der Waals surface area (Å²) in [5, 5.41) is 6.31. The Balaban J connectivity index is 2.14. The highest BCUT2D eigenvalue weighted by molar-refractivity contribution is 5.78. The van der Waals surface area contributed by atoms with E-state index in [-0.39, 0.29) is 29.7 Å². The molecule has 2 heterocycles. The zero-order chi connectivity index (χ0) is 17.9. The Labute approximate surface area is 135 Å². The number of hydrogen-bond donors (Lipinski definition) is 1. The summed E-state index contributed by atoms with van der Waals surface area (Å²) in [7, 11) is 3.49. The molecule has 0 aliphatic carbocycles. The van der Waals surface area contributed by atoms with Crippen molar-refractivity contribution >= 4 is 5.91 Å². The van der Waals surface area contributed by atoms with Crippen molar-refractivity contribution in [2.75, 3.05) is 20.6 Å². The van der Waals surface area contributed by atoms with Crippen molar-refractivity contribution in [2.24, 2.45) is 0 Å². The molecule has 1 atom stereocenters. The first kappa shape index (κ1) is 17.9. The second kappa shape index (κ2) is 6.95. The van der Waals surface area contributed by atoms with E-state index in [1.54, 1.807) is 25.9 Å². The van der Waals surface area contributed by atoms with E-state index < -0.39 is 17.9 Å². The van der Waals surface area contributed by atoms with E-state index in [4.69, 9.17) is 4.52 Å². The van der Waals surface area contributed by atoms with Crippen molar-refractivity contribution < 1.29 is 22.5 Å². The van der Waals surface area contributed by atoms with Crippen LogP contribution in [0.15, 0.2) is 22.9 Å². The smallest absolute Gasteiger partial charge is 0.343 e. The minimum absolute atomic E-state index is 0.00777. The van der Waals surface area contributed by atoms with Gasteiger partial charge in [0.05, 0.1) is 6.54 Å². The molecule has 24 heavy (non-hydrogen) atoms. The Kier molecular flexibility index (Phi) is 5.17. The third kappa shape index (κ3) is 4.51. The number of nitrogens with zero attached hydrogens (tertiary/aromatic N) is 4. The van der Waals surface area contributed by atoms with Gasteiger partial charge in [-0.1, -0.05) is 5.16 Å². The molecule has 0 saturated heterocycles. The molecule has 0 fully saturated rings. The minimum atomic E-state index is -4.56. The fraction of sp³-hybridized carbons (Fsp3) is 0.429. The van der Waals surface area contributed by atoms with Crippen LogP contribution in [0.25, 0.3) is 11.4 Å². The maximum atomic E-state index is 12.7. The largest absolute Gasteiger partial charge is 0.433 e. The molecule has 0 aliphatic heterocycles. The molecule has 0 aliphatic rings. The van der Waals surface area contributed by atoms with Gasteiger partial charge < -0.3 is 14.7 Å². The monoisotopic (exact) mass is 343 g/mol. The molecule has 0 aromatic carbocycles. The molecular weight excluding hydrogens is 327 g/mol. The van der Waals surface area contributed by atoms with Crippen molar-refractivity contribution in [1.82, 2.24) is 25.3 Å². The van der Waals surface area contributed by atoms with Crippen molar-refractivity contribution in [1.29, 1.82) is 0 Å². The maximum absolute atomic E-state index is 12.7. The van der Waals surface area contributed by atoms with E-state index in [9.17, 15) is 18.0 Å². The highest BCUT2D eigenvalue weighted by Crippen LogP contribution is 2.29. The number of aromatic nitrogens is 3. The molecule has 2 aromatic heterocycles. The van der Waals surface area contributed by atoms with E-state index in [0.717, 1.165) is 12.3 Å². The lowest BCUT2D eigenvalue weighted by atomic mass is 10.2. The van der Waals surface area contributed by atoms with Crippen LogP contribution in [0.1, 0.15) is 24.6 Å². The topological polar surface area (TPSA) is 84.2 Å². The van der Waals surface area contributed by atoms with E-state index in [1.807, 2.05) is 0 Å². The first-order valence-corrected chi connectivity index (χ1v) is 6.98. The number of carbonyl (C=O) groups excluding carboxylic acids is 1. The first-order chi connectivity index (χ1) is 11.2. The molecule has 2 rings (SSSR count). The molecule has 0 radical (unpaired) electrons. The van der Waals surface area contributed by atoms with Gasteiger partial charge in [-0.05, 0) is 33.2 Å². The van der Waals surface area contributed by atoms with Crippen LogP contribution in [0.5, 0.6) is 0 Å². The third-order valence-electron chi connectivity index (χ3n) is 2.96. The summed E-state index contributed by atoms with van der Waals surface area (Å²) >= 11 is 0. The van der Waals surface area contributed by atoms with Crippen LogP contribution in [0, 0.1) is 0 Å². The summed E-state index contributed by atoms with van der Waals surface area (Å²) in [6.45, 7) is 1.82. The Morgan fingerprint density at radius 1 is 1.42 bits per heavy atom. The van der Waals surface area contributed by atoms with Crippen LogP contribution in [0.2, 0.25) is 0 Å². The molecular formula is C14H16F3N5O2. The van der Waals surface area contributed by atoms with Crippen molar-refractivity contribution in [2.45, 2.75) is 19.1 Å². The van der Waals surface area contributed by atoms with Gasteiger partial charge in [-0.15, -0.1) is 0 Å². The van der Waals surface area contributed by atoms with Gasteiger partial charge in [0.15, 0.2) is 0 Å². The lowest BCUT2D eigenvalue weighted by molar-refractivity contribution is -0.141. The van der Waals surface area contributed by atoms with E-state index in [0.29, 0.717) is 0 Å².